The summed E-state index contributed by atoms with van der Waals surface area (Å²) in [5, 5.41) is 16.3. The minimum Gasteiger partial charge on any atom is -0.492 e. The molecule has 0 aliphatic heterocycles. The van der Waals surface area contributed by atoms with Crippen LogP contribution in [0.2, 0.25) is 0 Å². The Morgan fingerprint density at radius 1 is 1.17 bits per heavy atom. The van der Waals surface area contributed by atoms with E-state index >= 15 is 0 Å². The van der Waals surface area contributed by atoms with E-state index in [1.807, 2.05) is 36.4 Å². The SMILES string of the molecule is CCCOc1c(Br)cc(Br)cc1CNCCCSc1nnnn1-c1ccccc1. The van der Waals surface area contributed by atoms with Crippen LogP contribution in [-0.4, -0.2) is 39.1 Å². The molecule has 0 unspecified atom stereocenters. The maximum absolute atomic E-state index is 5.92. The van der Waals surface area contributed by atoms with E-state index in [2.05, 4.69) is 65.7 Å². The van der Waals surface area contributed by atoms with Gasteiger partial charge in [-0.25, -0.2) is 0 Å². The zero-order valence-corrected chi connectivity index (χ0v) is 20.1. The van der Waals surface area contributed by atoms with Gasteiger partial charge >= 0.3 is 0 Å². The van der Waals surface area contributed by atoms with Crippen molar-refractivity contribution in [1.82, 2.24) is 25.5 Å². The number of nitrogens with one attached hydrogen (secondary N) is 1. The molecule has 1 aromatic heterocycles. The van der Waals surface area contributed by atoms with Crippen molar-refractivity contribution < 1.29 is 4.74 Å². The predicted octanol–water partition coefficient (Wildman–Crippen LogP) is 5.25. The molecule has 9 heteroatoms. The Morgan fingerprint density at radius 2 is 2.00 bits per heavy atom. The van der Waals surface area contributed by atoms with Crippen molar-refractivity contribution in [1.29, 1.82) is 0 Å². The topological polar surface area (TPSA) is 64.9 Å². The number of hydrogen-bond acceptors (Lipinski definition) is 6. The lowest BCUT2D eigenvalue weighted by molar-refractivity contribution is 0.311. The molecule has 3 aromatic rings. The summed E-state index contributed by atoms with van der Waals surface area (Å²) in [6.07, 6.45) is 1.99. The Hall–Kier alpha value is -1.42. The third-order valence-electron chi connectivity index (χ3n) is 4.02. The van der Waals surface area contributed by atoms with Crippen molar-refractivity contribution in [2.24, 2.45) is 0 Å². The van der Waals surface area contributed by atoms with E-state index in [9.17, 15) is 0 Å². The van der Waals surface area contributed by atoms with Gasteiger partial charge in [-0.05, 0) is 70.0 Å². The highest BCUT2D eigenvalue weighted by Gasteiger charge is 2.11. The number of thioether (sulfide) groups is 1. The molecule has 0 fully saturated rings. The lowest BCUT2D eigenvalue weighted by Gasteiger charge is -2.14. The van der Waals surface area contributed by atoms with Crippen LogP contribution in [0.5, 0.6) is 5.75 Å². The zero-order chi connectivity index (χ0) is 20.5. The minimum atomic E-state index is 0.708. The molecule has 0 saturated carbocycles. The molecule has 2 aromatic carbocycles. The summed E-state index contributed by atoms with van der Waals surface area (Å²) < 4.78 is 9.70. The largest absolute Gasteiger partial charge is 0.492 e. The van der Waals surface area contributed by atoms with Crippen LogP contribution in [0, 0.1) is 0 Å². The van der Waals surface area contributed by atoms with Gasteiger partial charge in [-0.2, -0.15) is 4.68 Å². The van der Waals surface area contributed by atoms with Crippen molar-refractivity contribution in [2.45, 2.75) is 31.5 Å². The number of ether oxygens (including phenoxy) is 1. The first kappa shape index (κ1) is 22.3. The van der Waals surface area contributed by atoms with Crippen molar-refractivity contribution in [3.8, 4) is 11.4 Å². The van der Waals surface area contributed by atoms with Gasteiger partial charge in [0.1, 0.15) is 5.75 Å². The summed E-state index contributed by atoms with van der Waals surface area (Å²) >= 11 is 8.82. The highest BCUT2D eigenvalue weighted by Crippen LogP contribution is 2.33. The van der Waals surface area contributed by atoms with Crippen LogP contribution in [0.1, 0.15) is 25.3 Å². The highest BCUT2D eigenvalue weighted by atomic mass is 79.9. The smallest absolute Gasteiger partial charge is 0.214 e. The average Bonchev–Trinajstić information content (AvgIpc) is 3.19. The lowest BCUT2D eigenvalue weighted by Crippen LogP contribution is -2.16. The summed E-state index contributed by atoms with van der Waals surface area (Å²) in [4.78, 5) is 0. The molecule has 6 nitrogen and oxygen atoms in total. The molecule has 3 rings (SSSR count). The van der Waals surface area contributed by atoms with Crippen LogP contribution in [0.15, 0.2) is 56.6 Å². The molecular weight excluding hydrogens is 518 g/mol. The monoisotopic (exact) mass is 539 g/mol. The van der Waals surface area contributed by atoms with Crippen LogP contribution in [0.3, 0.4) is 0 Å². The first-order chi connectivity index (χ1) is 14.2. The van der Waals surface area contributed by atoms with Crippen LogP contribution < -0.4 is 10.1 Å². The summed E-state index contributed by atoms with van der Waals surface area (Å²) in [5.41, 5.74) is 2.11. The number of benzene rings is 2. The first-order valence-electron chi connectivity index (χ1n) is 9.47. The van der Waals surface area contributed by atoms with Crippen LogP contribution in [-0.2, 0) is 6.54 Å². The van der Waals surface area contributed by atoms with E-state index in [0.29, 0.717) is 6.61 Å². The van der Waals surface area contributed by atoms with E-state index in [1.54, 1.807) is 16.4 Å². The van der Waals surface area contributed by atoms with Gasteiger partial charge in [-0.15, -0.1) is 5.10 Å². The molecule has 0 spiro atoms. The Balaban J connectivity index is 1.46. The van der Waals surface area contributed by atoms with E-state index in [0.717, 1.165) is 62.8 Å². The number of aromatic nitrogens is 4. The lowest BCUT2D eigenvalue weighted by atomic mass is 10.2. The van der Waals surface area contributed by atoms with Crippen molar-refractivity contribution in [3.63, 3.8) is 0 Å². The molecule has 0 bridgehead atoms. The molecule has 0 aliphatic carbocycles. The van der Waals surface area contributed by atoms with Gasteiger partial charge in [0.2, 0.25) is 5.16 Å². The second-order valence-corrected chi connectivity index (χ2v) is 9.14. The van der Waals surface area contributed by atoms with E-state index in [4.69, 9.17) is 4.74 Å². The number of hydrogen-bond donors (Lipinski definition) is 1. The second-order valence-electron chi connectivity index (χ2n) is 6.31. The van der Waals surface area contributed by atoms with Crippen LogP contribution >= 0.6 is 43.6 Å². The van der Waals surface area contributed by atoms with E-state index in [1.165, 1.54) is 0 Å². The second kappa shape index (κ2) is 11.7. The molecule has 154 valence electrons. The number of tetrazole rings is 1. The van der Waals surface area contributed by atoms with Gasteiger partial charge in [0.15, 0.2) is 0 Å². The molecule has 0 atom stereocenters. The highest BCUT2D eigenvalue weighted by molar-refractivity contribution is 9.11. The van der Waals surface area contributed by atoms with Gasteiger partial charge in [0.25, 0.3) is 0 Å². The maximum Gasteiger partial charge on any atom is 0.214 e. The van der Waals surface area contributed by atoms with Crippen molar-refractivity contribution in [2.75, 3.05) is 18.9 Å². The predicted molar refractivity (Wildman–Crippen MR) is 124 cm³/mol. The third kappa shape index (κ3) is 6.53. The fourth-order valence-electron chi connectivity index (χ4n) is 2.69. The van der Waals surface area contributed by atoms with Crippen molar-refractivity contribution >= 4 is 43.6 Å². The number of halogens is 2. The van der Waals surface area contributed by atoms with Gasteiger partial charge in [-0.3, -0.25) is 0 Å². The molecular formula is C20H23Br2N5OS. The summed E-state index contributed by atoms with van der Waals surface area (Å²) in [7, 11) is 0. The van der Waals surface area contributed by atoms with Gasteiger partial charge < -0.3 is 10.1 Å². The number of rotatable bonds is 11. The summed E-state index contributed by atoms with van der Waals surface area (Å²) in [5.74, 6) is 1.85. The molecule has 1 heterocycles. The molecule has 0 radical (unpaired) electrons. The summed E-state index contributed by atoms with van der Waals surface area (Å²) in [6.45, 7) is 4.47. The van der Waals surface area contributed by atoms with Crippen LogP contribution in [0.25, 0.3) is 5.69 Å². The average molecular weight is 541 g/mol. The molecule has 29 heavy (non-hydrogen) atoms. The number of nitrogens with zero attached hydrogens (tertiary/aromatic N) is 4. The molecule has 0 amide bonds. The Morgan fingerprint density at radius 3 is 2.79 bits per heavy atom. The third-order valence-corrected chi connectivity index (χ3v) is 6.07. The Labute approximate surface area is 192 Å². The quantitative estimate of drug-likeness (QED) is 0.265. The van der Waals surface area contributed by atoms with Gasteiger partial charge in [-0.1, -0.05) is 52.8 Å². The fourth-order valence-corrected chi connectivity index (χ4v) is 4.95. The number of para-hydroxylation sites is 1. The van der Waals surface area contributed by atoms with Gasteiger partial charge in [0.05, 0.1) is 16.8 Å². The molecule has 0 aliphatic rings. The van der Waals surface area contributed by atoms with Crippen molar-refractivity contribution in [3.05, 3.63) is 57.0 Å². The zero-order valence-electron chi connectivity index (χ0n) is 16.1. The fraction of sp³-hybridized carbons (Fsp3) is 0.350. The van der Waals surface area contributed by atoms with Gasteiger partial charge in [0, 0.05) is 22.3 Å². The maximum atomic E-state index is 5.92. The standard InChI is InChI=1S/C20H23Br2N5OS/c1-2-10-28-19-15(12-16(21)13-18(19)22)14-23-9-6-11-29-20-24-25-26-27(20)17-7-4-3-5-8-17/h3-5,7-8,12-13,23H,2,6,9-11,14H2,1H3. The van der Waals surface area contributed by atoms with E-state index < -0.39 is 0 Å². The molecule has 1 N–H and O–H groups in total. The summed E-state index contributed by atoms with van der Waals surface area (Å²) in [6, 6.07) is 14.1. The first-order valence-corrected chi connectivity index (χ1v) is 12.0. The normalized spacial score (nSPS) is 11.0. The van der Waals surface area contributed by atoms with Crippen LogP contribution in [0.4, 0.5) is 0 Å². The molecule has 0 saturated heterocycles. The minimum absolute atomic E-state index is 0.708. The Kier molecular flexibility index (Phi) is 8.97. The van der Waals surface area contributed by atoms with E-state index in [-0.39, 0.29) is 0 Å². The Bertz CT molecular complexity index is 907.